The molecule has 0 aliphatic carbocycles. The summed E-state index contributed by atoms with van der Waals surface area (Å²) in [6.07, 6.45) is 0. The minimum atomic E-state index is -0.411. The first-order valence-corrected chi connectivity index (χ1v) is 5.01. The van der Waals surface area contributed by atoms with E-state index in [9.17, 15) is 9.59 Å². The number of amides is 1. The van der Waals surface area contributed by atoms with Gasteiger partial charge in [-0.25, -0.2) is 0 Å². The number of anilines is 1. The van der Waals surface area contributed by atoms with Crippen molar-refractivity contribution in [3.8, 4) is 0 Å². The van der Waals surface area contributed by atoms with Gasteiger partial charge in [-0.2, -0.15) is 0 Å². The molecule has 1 aromatic carbocycles. The van der Waals surface area contributed by atoms with Crippen molar-refractivity contribution >= 4 is 17.4 Å². The summed E-state index contributed by atoms with van der Waals surface area (Å²) in [6, 6.07) is 5.49. The van der Waals surface area contributed by atoms with Gasteiger partial charge in [0.25, 0.3) is 11.7 Å². The number of hydrogen-bond acceptors (Lipinski definition) is 2. The van der Waals surface area contributed by atoms with Crippen molar-refractivity contribution in [3.63, 3.8) is 0 Å². The van der Waals surface area contributed by atoms with Crippen LogP contribution in [-0.2, 0) is 4.79 Å². The topological polar surface area (TPSA) is 37.4 Å². The van der Waals surface area contributed by atoms with Crippen LogP contribution in [0.2, 0.25) is 0 Å². The molecule has 3 heteroatoms. The number of benzene rings is 1. The predicted molar refractivity (Wildman–Crippen MR) is 58.1 cm³/mol. The first-order chi connectivity index (χ1) is 7.02. The predicted octanol–water partition coefficient (Wildman–Crippen LogP) is 1.93. The average Bonchev–Trinajstić information content (AvgIpc) is 2.39. The van der Waals surface area contributed by atoms with Gasteiger partial charge in [0.1, 0.15) is 0 Å². The third-order valence-corrected chi connectivity index (χ3v) is 2.59. The summed E-state index contributed by atoms with van der Waals surface area (Å²) in [7, 11) is 0. The summed E-state index contributed by atoms with van der Waals surface area (Å²) >= 11 is 0. The van der Waals surface area contributed by atoms with E-state index in [4.69, 9.17) is 0 Å². The van der Waals surface area contributed by atoms with E-state index in [1.54, 1.807) is 11.0 Å². The van der Waals surface area contributed by atoms with Gasteiger partial charge in [0.05, 0.1) is 11.3 Å². The Morgan fingerprint density at radius 3 is 2.47 bits per heavy atom. The summed E-state index contributed by atoms with van der Waals surface area (Å²) in [5.41, 5.74) is 2.33. The molecule has 1 heterocycles. The average molecular weight is 203 g/mol. The molecule has 1 amide bonds. The first-order valence-electron chi connectivity index (χ1n) is 5.01. The fourth-order valence-corrected chi connectivity index (χ4v) is 1.88. The number of rotatable bonds is 1. The highest BCUT2D eigenvalue weighted by Gasteiger charge is 2.36. The fraction of sp³-hybridized carbons (Fsp3) is 0.333. The maximum Gasteiger partial charge on any atom is 0.299 e. The van der Waals surface area contributed by atoms with Crippen LogP contribution in [0.15, 0.2) is 18.2 Å². The van der Waals surface area contributed by atoms with Gasteiger partial charge < -0.3 is 4.90 Å². The van der Waals surface area contributed by atoms with Crippen LogP contribution in [-0.4, -0.2) is 17.7 Å². The summed E-state index contributed by atoms with van der Waals surface area (Å²) in [6.45, 7) is 5.76. The van der Waals surface area contributed by atoms with Crippen molar-refractivity contribution in [3.05, 3.63) is 29.3 Å². The molecule has 15 heavy (non-hydrogen) atoms. The summed E-state index contributed by atoms with van der Waals surface area (Å²) in [4.78, 5) is 24.9. The van der Waals surface area contributed by atoms with Crippen molar-refractivity contribution in [2.24, 2.45) is 0 Å². The lowest BCUT2D eigenvalue weighted by molar-refractivity contribution is -0.114. The van der Waals surface area contributed by atoms with Gasteiger partial charge in [0, 0.05) is 6.04 Å². The number of hydrogen-bond donors (Lipinski definition) is 0. The molecular formula is C12H13NO2. The molecule has 0 spiro atoms. The third-order valence-electron chi connectivity index (χ3n) is 2.59. The second kappa shape index (κ2) is 3.19. The van der Waals surface area contributed by atoms with Gasteiger partial charge in [-0.05, 0) is 38.5 Å². The van der Waals surface area contributed by atoms with Crippen LogP contribution in [0.25, 0.3) is 0 Å². The minimum absolute atomic E-state index is 0.0181. The van der Waals surface area contributed by atoms with Gasteiger partial charge in [0.15, 0.2) is 0 Å². The molecule has 0 fully saturated rings. The molecule has 1 aromatic rings. The molecule has 3 nitrogen and oxygen atoms in total. The van der Waals surface area contributed by atoms with Gasteiger partial charge in [-0.1, -0.05) is 6.07 Å². The first kappa shape index (κ1) is 9.90. The monoisotopic (exact) mass is 203 g/mol. The van der Waals surface area contributed by atoms with E-state index in [-0.39, 0.29) is 6.04 Å². The smallest absolute Gasteiger partial charge is 0.299 e. The molecular weight excluding hydrogens is 190 g/mol. The van der Waals surface area contributed by atoms with Crippen LogP contribution in [0.4, 0.5) is 5.69 Å². The zero-order chi connectivity index (χ0) is 11.2. The zero-order valence-electron chi connectivity index (χ0n) is 9.07. The quantitative estimate of drug-likeness (QED) is 0.654. The molecule has 0 unspecified atom stereocenters. The highest BCUT2D eigenvalue weighted by atomic mass is 16.2. The standard InChI is InChI=1S/C12H13NO2/c1-7(2)13-10-6-8(3)4-5-9(10)11(14)12(13)15/h4-7H,1-3H3. The SMILES string of the molecule is Cc1ccc2c(c1)N(C(C)C)C(=O)C2=O. The minimum Gasteiger partial charge on any atom is -0.302 e. The Morgan fingerprint density at radius 2 is 1.87 bits per heavy atom. The second-order valence-corrected chi connectivity index (χ2v) is 4.12. The number of aryl methyl sites for hydroxylation is 1. The molecule has 0 aromatic heterocycles. The van der Waals surface area contributed by atoms with E-state index in [1.165, 1.54) is 0 Å². The van der Waals surface area contributed by atoms with Crippen LogP contribution in [0, 0.1) is 6.92 Å². The maximum atomic E-state index is 11.7. The number of nitrogens with zero attached hydrogens (tertiary/aromatic N) is 1. The molecule has 0 radical (unpaired) electrons. The number of fused-ring (bicyclic) bond motifs is 1. The highest BCUT2D eigenvalue weighted by Crippen LogP contribution is 2.31. The van der Waals surface area contributed by atoms with E-state index in [0.717, 1.165) is 11.3 Å². The van der Waals surface area contributed by atoms with Crippen LogP contribution >= 0.6 is 0 Å². The van der Waals surface area contributed by atoms with Gasteiger partial charge >= 0.3 is 0 Å². The van der Waals surface area contributed by atoms with Gasteiger partial charge in [-0.3, -0.25) is 9.59 Å². The van der Waals surface area contributed by atoms with Crippen LogP contribution in [0.3, 0.4) is 0 Å². The lowest BCUT2D eigenvalue weighted by Crippen LogP contribution is -2.35. The van der Waals surface area contributed by atoms with E-state index >= 15 is 0 Å². The molecule has 78 valence electrons. The number of carbonyl (C=O) groups is 2. The molecule has 2 rings (SSSR count). The third kappa shape index (κ3) is 1.35. The molecule has 0 N–H and O–H groups in total. The second-order valence-electron chi connectivity index (χ2n) is 4.12. The Labute approximate surface area is 88.7 Å². The zero-order valence-corrected chi connectivity index (χ0v) is 9.07. The number of carbonyl (C=O) groups excluding carboxylic acids is 2. The van der Waals surface area contributed by atoms with E-state index in [2.05, 4.69) is 0 Å². The van der Waals surface area contributed by atoms with Crippen molar-refractivity contribution in [2.75, 3.05) is 4.90 Å². The number of Topliss-reactive ketones (excluding diaryl/α,β-unsaturated/α-hetero) is 1. The Balaban J connectivity index is 2.62. The number of ketones is 1. The molecule has 0 saturated carbocycles. The summed E-state index contributed by atoms with van der Waals surface area (Å²) in [5, 5.41) is 0. The lowest BCUT2D eigenvalue weighted by atomic mass is 10.1. The van der Waals surface area contributed by atoms with Crippen molar-refractivity contribution in [2.45, 2.75) is 26.8 Å². The van der Waals surface area contributed by atoms with Gasteiger partial charge in [-0.15, -0.1) is 0 Å². The van der Waals surface area contributed by atoms with E-state index < -0.39 is 11.7 Å². The van der Waals surface area contributed by atoms with Crippen molar-refractivity contribution in [1.29, 1.82) is 0 Å². The van der Waals surface area contributed by atoms with E-state index in [0.29, 0.717) is 5.56 Å². The highest BCUT2D eigenvalue weighted by molar-refractivity contribution is 6.52. The van der Waals surface area contributed by atoms with Gasteiger partial charge in [0.2, 0.25) is 0 Å². The fourth-order valence-electron chi connectivity index (χ4n) is 1.88. The van der Waals surface area contributed by atoms with Crippen LogP contribution in [0.5, 0.6) is 0 Å². The normalized spacial score (nSPS) is 15.1. The van der Waals surface area contributed by atoms with Crippen LogP contribution in [0.1, 0.15) is 29.8 Å². The van der Waals surface area contributed by atoms with Crippen molar-refractivity contribution < 1.29 is 9.59 Å². The lowest BCUT2D eigenvalue weighted by Gasteiger charge is -2.20. The summed E-state index contributed by atoms with van der Waals surface area (Å²) < 4.78 is 0. The Hall–Kier alpha value is -1.64. The Morgan fingerprint density at radius 1 is 1.20 bits per heavy atom. The Kier molecular flexibility index (Phi) is 2.11. The Bertz CT molecular complexity index is 449. The molecule has 1 aliphatic rings. The molecule has 1 aliphatic heterocycles. The van der Waals surface area contributed by atoms with Crippen molar-refractivity contribution in [1.82, 2.24) is 0 Å². The van der Waals surface area contributed by atoms with E-state index in [1.807, 2.05) is 32.9 Å². The molecule has 0 saturated heterocycles. The van der Waals surface area contributed by atoms with Crippen LogP contribution < -0.4 is 4.90 Å². The molecule has 0 atom stereocenters. The molecule has 0 bridgehead atoms. The maximum absolute atomic E-state index is 11.7. The largest absolute Gasteiger partial charge is 0.302 e. The summed E-state index contributed by atoms with van der Waals surface area (Å²) in [5.74, 6) is -0.802.